The van der Waals surface area contributed by atoms with Gasteiger partial charge in [-0.3, -0.25) is 9.98 Å². The van der Waals surface area contributed by atoms with Gasteiger partial charge in [-0.05, 0) is 45.0 Å². The molecule has 0 aliphatic rings. The van der Waals surface area contributed by atoms with Gasteiger partial charge in [0.25, 0.3) is 0 Å². The second kappa shape index (κ2) is 7.58. The molecule has 0 aliphatic carbocycles. The molecule has 0 saturated heterocycles. The first kappa shape index (κ1) is 16.7. The van der Waals surface area contributed by atoms with Crippen molar-refractivity contribution in [2.75, 3.05) is 6.54 Å². The monoisotopic (exact) mass is 310 g/mol. The van der Waals surface area contributed by atoms with E-state index in [4.69, 9.17) is 0 Å². The number of aliphatic imine (C=N–C) groups is 2. The van der Waals surface area contributed by atoms with E-state index >= 15 is 0 Å². The number of benzene rings is 2. The number of hydrogen-bond donors (Lipinski definition) is 2. The topological polar surface area (TPSA) is 65.2 Å². The first-order valence-electron chi connectivity index (χ1n) is 7.58. The second-order valence-corrected chi connectivity index (χ2v) is 5.75. The van der Waals surface area contributed by atoms with Crippen molar-refractivity contribution in [2.24, 2.45) is 9.98 Å². The van der Waals surface area contributed by atoms with Gasteiger partial charge in [-0.2, -0.15) is 0 Å². The molecule has 23 heavy (non-hydrogen) atoms. The van der Waals surface area contributed by atoms with Crippen LogP contribution < -0.4 is 0 Å². The fourth-order valence-electron chi connectivity index (χ4n) is 2.11. The van der Waals surface area contributed by atoms with E-state index in [1.807, 2.05) is 45.0 Å². The van der Waals surface area contributed by atoms with Gasteiger partial charge in [0.2, 0.25) is 0 Å². The Labute approximate surface area is 136 Å². The molecular weight excluding hydrogens is 288 g/mol. The maximum absolute atomic E-state index is 9.78. The van der Waals surface area contributed by atoms with Gasteiger partial charge in [0.1, 0.15) is 11.5 Å². The summed E-state index contributed by atoms with van der Waals surface area (Å²) in [5.41, 5.74) is 3.56. The SMILES string of the molecule is Cc1ccc(O)c(C=NCC(C)N=Cc2cc(C)ccc2O)c1. The van der Waals surface area contributed by atoms with Crippen LogP contribution in [0, 0.1) is 13.8 Å². The summed E-state index contributed by atoms with van der Waals surface area (Å²) >= 11 is 0. The predicted octanol–water partition coefficient (Wildman–Crippen LogP) is 3.64. The molecule has 4 nitrogen and oxygen atoms in total. The molecule has 2 aromatic carbocycles. The standard InChI is InChI=1S/C19H22N2O2/c1-13-4-6-18(22)16(8-13)11-20-10-15(3)21-12-17-9-14(2)5-7-19(17)23/h4-9,11-12,15,22-23H,10H2,1-3H3. The Kier molecular flexibility index (Phi) is 5.52. The average Bonchev–Trinajstić information content (AvgIpc) is 2.51. The number of phenolic OH excluding ortho intramolecular Hbond substituents is 2. The van der Waals surface area contributed by atoms with E-state index in [1.165, 1.54) is 0 Å². The largest absolute Gasteiger partial charge is 0.507 e. The molecule has 1 atom stereocenters. The minimum atomic E-state index is -0.0156. The lowest BCUT2D eigenvalue weighted by molar-refractivity contribution is 0.473. The van der Waals surface area contributed by atoms with E-state index in [0.29, 0.717) is 17.7 Å². The molecule has 0 amide bonds. The van der Waals surface area contributed by atoms with Crippen molar-refractivity contribution in [1.29, 1.82) is 0 Å². The van der Waals surface area contributed by atoms with Gasteiger partial charge in [-0.1, -0.05) is 23.3 Å². The van der Waals surface area contributed by atoms with E-state index in [1.54, 1.807) is 24.6 Å². The van der Waals surface area contributed by atoms with Gasteiger partial charge in [0.15, 0.2) is 0 Å². The zero-order valence-corrected chi connectivity index (χ0v) is 13.7. The number of nitrogens with zero attached hydrogens (tertiary/aromatic N) is 2. The van der Waals surface area contributed by atoms with E-state index in [-0.39, 0.29) is 17.5 Å². The van der Waals surface area contributed by atoms with Crippen LogP contribution in [0.2, 0.25) is 0 Å². The Hall–Kier alpha value is -2.62. The summed E-state index contributed by atoms with van der Waals surface area (Å²) in [5, 5.41) is 19.5. The highest BCUT2D eigenvalue weighted by Gasteiger charge is 2.01. The first-order chi connectivity index (χ1) is 11.0. The molecule has 0 bridgehead atoms. The van der Waals surface area contributed by atoms with Crippen LogP contribution in [0.5, 0.6) is 11.5 Å². The van der Waals surface area contributed by atoms with Crippen LogP contribution in [0.1, 0.15) is 29.2 Å². The van der Waals surface area contributed by atoms with E-state index in [2.05, 4.69) is 9.98 Å². The fourth-order valence-corrected chi connectivity index (χ4v) is 2.11. The van der Waals surface area contributed by atoms with Crippen LogP contribution in [0.15, 0.2) is 46.4 Å². The first-order valence-corrected chi connectivity index (χ1v) is 7.58. The summed E-state index contributed by atoms with van der Waals surface area (Å²) in [6, 6.07) is 10.8. The maximum atomic E-state index is 9.78. The molecule has 4 heteroatoms. The van der Waals surface area contributed by atoms with Gasteiger partial charge in [-0.15, -0.1) is 0 Å². The molecule has 0 saturated carbocycles. The van der Waals surface area contributed by atoms with Crippen LogP contribution in [0.4, 0.5) is 0 Å². The number of rotatable bonds is 5. The van der Waals surface area contributed by atoms with Crippen molar-refractivity contribution < 1.29 is 10.2 Å². The summed E-state index contributed by atoms with van der Waals surface area (Å²) in [4.78, 5) is 8.74. The fraction of sp³-hybridized carbons (Fsp3) is 0.263. The summed E-state index contributed by atoms with van der Waals surface area (Å²) in [5.74, 6) is 0.444. The molecule has 0 aromatic heterocycles. The van der Waals surface area contributed by atoms with Gasteiger partial charge in [0, 0.05) is 23.6 Å². The van der Waals surface area contributed by atoms with Gasteiger partial charge in [0.05, 0.1) is 12.6 Å². The highest BCUT2D eigenvalue weighted by Crippen LogP contribution is 2.17. The smallest absolute Gasteiger partial charge is 0.124 e. The number of phenols is 2. The highest BCUT2D eigenvalue weighted by atomic mass is 16.3. The average molecular weight is 310 g/mol. The molecule has 2 aromatic rings. The number of aryl methyl sites for hydroxylation is 2. The summed E-state index contributed by atoms with van der Waals surface area (Å²) in [6.45, 7) is 6.41. The van der Waals surface area contributed by atoms with E-state index in [9.17, 15) is 10.2 Å². The molecule has 2 N–H and O–H groups in total. The van der Waals surface area contributed by atoms with E-state index < -0.39 is 0 Å². The lowest BCUT2D eigenvalue weighted by Gasteiger charge is -2.04. The summed E-state index contributed by atoms with van der Waals surface area (Å²) in [6.07, 6.45) is 3.34. The Balaban J connectivity index is 1.98. The van der Waals surface area contributed by atoms with E-state index in [0.717, 1.165) is 11.1 Å². The summed E-state index contributed by atoms with van der Waals surface area (Å²) < 4.78 is 0. The van der Waals surface area contributed by atoms with Crippen LogP contribution in [0.25, 0.3) is 0 Å². The predicted molar refractivity (Wildman–Crippen MR) is 95.2 cm³/mol. The molecule has 120 valence electrons. The minimum Gasteiger partial charge on any atom is -0.507 e. The van der Waals surface area contributed by atoms with Gasteiger partial charge < -0.3 is 10.2 Å². The lowest BCUT2D eigenvalue weighted by atomic mass is 10.1. The maximum Gasteiger partial charge on any atom is 0.124 e. The van der Waals surface area contributed by atoms with Crippen molar-refractivity contribution in [2.45, 2.75) is 26.8 Å². The zero-order chi connectivity index (χ0) is 16.8. The third-order valence-corrected chi connectivity index (χ3v) is 3.43. The molecule has 1 unspecified atom stereocenters. The quantitative estimate of drug-likeness (QED) is 0.828. The van der Waals surface area contributed by atoms with Crippen molar-refractivity contribution in [3.05, 3.63) is 58.7 Å². The van der Waals surface area contributed by atoms with Crippen LogP contribution in [-0.4, -0.2) is 35.2 Å². The van der Waals surface area contributed by atoms with Crippen molar-refractivity contribution in [3.63, 3.8) is 0 Å². The molecule has 0 heterocycles. The third-order valence-electron chi connectivity index (χ3n) is 3.43. The van der Waals surface area contributed by atoms with Gasteiger partial charge >= 0.3 is 0 Å². The number of aromatic hydroxyl groups is 2. The number of hydrogen-bond acceptors (Lipinski definition) is 4. The third kappa shape index (κ3) is 4.95. The van der Waals surface area contributed by atoms with Crippen molar-refractivity contribution in [1.82, 2.24) is 0 Å². The normalized spacial score (nSPS) is 13.0. The highest BCUT2D eigenvalue weighted by molar-refractivity contribution is 5.84. The minimum absolute atomic E-state index is 0.0156. The lowest BCUT2D eigenvalue weighted by Crippen LogP contribution is -2.04. The Morgan fingerprint density at radius 2 is 1.43 bits per heavy atom. The van der Waals surface area contributed by atoms with Crippen LogP contribution >= 0.6 is 0 Å². The molecule has 0 radical (unpaired) electrons. The molecule has 0 aliphatic heterocycles. The Bertz CT molecular complexity index is 736. The summed E-state index contributed by atoms with van der Waals surface area (Å²) in [7, 11) is 0. The van der Waals surface area contributed by atoms with Crippen molar-refractivity contribution in [3.8, 4) is 11.5 Å². The van der Waals surface area contributed by atoms with Crippen molar-refractivity contribution >= 4 is 12.4 Å². The van der Waals surface area contributed by atoms with Crippen LogP contribution in [-0.2, 0) is 0 Å². The Morgan fingerprint density at radius 1 is 0.913 bits per heavy atom. The Morgan fingerprint density at radius 3 is 2.00 bits per heavy atom. The van der Waals surface area contributed by atoms with Crippen LogP contribution in [0.3, 0.4) is 0 Å². The zero-order valence-electron chi connectivity index (χ0n) is 13.7. The second-order valence-electron chi connectivity index (χ2n) is 5.75. The molecular formula is C19H22N2O2. The molecule has 0 spiro atoms. The molecule has 2 rings (SSSR count). The van der Waals surface area contributed by atoms with Gasteiger partial charge in [-0.25, -0.2) is 0 Å². The molecule has 0 fully saturated rings.